The van der Waals surface area contributed by atoms with Gasteiger partial charge in [0.25, 0.3) is 0 Å². The number of aliphatic carboxylic acids is 1. The molecule has 0 aliphatic rings. The van der Waals surface area contributed by atoms with E-state index in [9.17, 15) is 4.79 Å². The molecule has 0 saturated heterocycles. The van der Waals surface area contributed by atoms with Crippen LogP contribution in [0.4, 0.5) is 0 Å². The Balaban J connectivity index is 3.61. The smallest absolute Gasteiger partial charge is 0.307 e. The topological polar surface area (TPSA) is 40.5 Å². The first-order valence-corrected chi connectivity index (χ1v) is 5.49. The average Bonchev–Trinajstić information content (AvgIpc) is 2.02. The summed E-state index contributed by atoms with van der Waals surface area (Å²) in [4.78, 5) is 12.7. The number of rotatable bonds is 6. The predicted molar refractivity (Wildman–Crippen MR) is 57.3 cm³/mol. The van der Waals surface area contributed by atoms with Crippen molar-refractivity contribution in [3.63, 3.8) is 0 Å². The van der Waals surface area contributed by atoms with Crippen molar-refractivity contribution in [2.45, 2.75) is 19.1 Å². The molecule has 0 radical (unpaired) electrons. The zero-order chi connectivity index (χ0) is 10.4. The van der Waals surface area contributed by atoms with Crippen LogP contribution in [0.15, 0.2) is 0 Å². The highest BCUT2D eigenvalue weighted by Gasteiger charge is 2.19. The monoisotopic (exact) mass is 205 g/mol. The van der Waals surface area contributed by atoms with Crippen LogP contribution in [0.5, 0.6) is 0 Å². The van der Waals surface area contributed by atoms with E-state index < -0.39 is 5.97 Å². The van der Waals surface area contributed by atoms with Crippen LogP contribution in [-0.4, -0.2) is 47.6 Å². The van der Waals surface area contributed by atoms with E-state index in [1.54, 1.807) is 18.7 Å². The second-order valence-electron chi connectivity index (χ2n) is 3.51. The maximum Gasteiger partial charge on any atom is 0.307 e. The first-order valence-electron chi connectivity index (χ1n) is 4.44. The number of thioether (sulfide) groups is 1. The maximum absolute atomic E-state index is 10.6. The van der Waals surface area contributed by atoms with Gasteiger partial charge in [0, 0.05) is 17.5 Å². The van der Waals surface area contributed by atoms with Crippen LogP contribution < -0.4 is 0 Å². The lowest BCUT2D eigenvalue weighted by Crippen LogP contribution is -2.22. The Hall–Kier alpha value is -0.220. The van der Waals surface area contributed by atoms with Gasteiger partial charge in [0.15, 0.2) is 0 Å². The van der Waals surface area contributed by atoms with Crippen molar-refractivity contribution in [2.75, 3.05) is 26.4 Å². The number of carbonyl (C=O) groups is 1. The van der Waals surface area contributed by atoms with E-state index >= 15 is 0 Å². The van der Waals surface area contributed by atoms with Gasteiger partial charge in [-0.3, -0.25) is 4.79 Å². The first-order chi connectivity index (χ1) is 5.95. The van der Waals surface area contributed by atoms with E-state index in [1.165, 1.54) is 0 Å². The van der Waals surface area contributed by atoms with Gasteiger partial charge < -0.3 is 10.0 Å². The lowest BCUT2D eigenvalue weighted by atomic mass is 10.1. The quantitative estimate of drug-likeness (QED) is 0.711. The zero-order valence-electron chi connectivity index (χ0n) is 8.78. The summed E-state index contributed by atoms with van der Waals surface area (Å²) in [6, 6.07) is 0. The molecule has 78 valence electrons. The van der Waals surface area contributed by atoms with E-state index in [-0.39, 0.29) is 11.2 Å². The molecule has 0 heterocycles. The van der Waals surface area contributed by atoms with Crippen LogP contribution in [0, 0.1) is 5.92 Å². The van der Waals surface area contributed by atoms with Crippen LogP contribution in [-0.2, 0) is 4.79 Å². The summed E-state index contributed by atoms with van der Waals surface area (Å²) in [6.45, 7) is 4.73. The van der Waals surface area contributed by atoms with Gasteiger partial charge in [0.2, 0.25) is 0 Å². The van der Waals surface area contributed by atoms with E-state index in [1.807, 2.05) is 21.0 Å². The van der Waals surface area contributed by atoms with Crippen molar-refractivity contribution in [2.24, 2.45) is 5.92 Å². The minimum Gasteiger partial charge on any atom is -0.481 e. The van der Waals surface area contributed by atoms with Crippen LogP contribution >= 0.6 is 11.8 Å². The van der Waals surface area contributed by atoms with Crippen LogP contribution in [0.2, 0.25) is 0 Å². The fourth-order valence-electron chi connectivity index (χ4n) is 0.766. The first kappa shape index (κ1) is 12.8. The molecule has 0 rings (SSSR count). The van der Waals surface area contributed by atoms with Gasteiger partial charge >= 0.3 is 5.97 Å². The highest BCUT2D eigenvalue weighted by Crippen LogP contribution is 2.18. The third-order valence-corrected chi connectivity index (χ3v) is 3.37. The molecule has 0 saturated carbocycles. The van der Waals surface area contributed by atoms with E-state index in [0.717, 1.165) is 12.3 Å². The molecule has 0 fully saturated rings. The number of hydrogen-bond donors (Lipinski definition) is 1. The molecule has 2 unspecified atom stereocenters. The Morgan fingerprint density at radius 2 is 2.00 bits per heavy atom. The van der Waals surface area contributed by atoms with E-state index in [4.69, 9.17) is 5.11 Å². The third-order valence-electron chi connectivity index (χ3n) is 2.01. The van der Waals surface area contributed by atoms with Crippen LogP contribution in [0.3, 0.4) is 0 Å². The molecule has 2 atom stereocenters. The Morgan fingerprint density at radius 3 is 2.38 bits per heavy atom. The average molecular weight is 205 g/mol. The Kier molecular flexibility index (Phi) is 6.16. The largest absolute Gasteiger partial charge is 0.481 e. The molecule has 0 bridgehead atoms. The normalized spacial score (nSPS) is 15.8. The van der Waals surface area contributed by atoms with Crippen LogP contribution in [0.25, 0.3) is 0 Å². The highest BCUT2D eigenvalue weighted by molar-refractivity contribution is 7.99. The Bertz CT molecular complexity index is 162. The molecular weight excluding hydrogens is 186 g/mol. The van der Waals surface area contributed by atoms with Crippen molar-refractivity contribution in [1.29, 1.82) is 0 Å². The second kappa shape index (κ2) is 6.27. The van der Waals surface area contributed by atoms with Gasteiger partial charge in [-0.1, -0.05) is 13.8 Å². The van der Waals surface area contributed by atoms with Gasteiger partial charge in [-0.25, -0.2) is 0 Å². The number of carboxylic acids is 1. The molecule has 1 N–H and O–H groups in total. The van der Waals surface area contributed by atoms with Gasteiger partial charge in [-0.05, 0) is 14.1 Å². The van der Waals surface area contributed by atoms with Gasteiger partial charge in [-0.2, -0.15) is 11.8 Å². The van der Waals surface area contributed by atoms with Crippen molar-refractivity contribution in [3.8, 4) is 0 Å². The standard InChI is InChI=1S/C9H19NO2S/c1-7(9(11)12)8(2)13-6-5-10(3)4/h7-8H,5-6H2,1-4H3,(H,11,12). The Labute approximate surface area is 84.5 Å². The number of carboxylic acid groups (broad SMARTS) is 1. The SMILES string of the molecule is CC(SCCN(C)C)C(C)C(=O)O. The van der Waals surface area contributed by atoms with Crippen molar-refractivity contribution >= 4 is 17.7 Å². The summed E-state index contributed by atoms with van der Waals surface area (Å²) in [5.41, 5.74) is 0. The fraction of sp³-hybridized carbons (Fsp3) is 0.889. The van der Waals surface area contributed by atoms with Crippen molar-refractivity contribution in [3.05, 3.63) is 0 Å². The molecule has 4 heteroatoms. The van der Waals surface area contributed by atoms with E-state index in [2.05, 4.69) is 4.90 Å². The minimum absolute atomic E-state index is 0.192. The summed E-state index contributed by atoms with van der Waals surface area (Å²) in [5.74, 6) is 0.0308. The number of hydrogen-bond acceptors (Lipinski definition) is 3. The summed E-state index contributed by atoms with van der Waals surface area (Å²) in [5, 5.41) is 8.93. The molecular formula is C9H19NO2S. The lowest BCUT2D eigenvalue weighted by molar-refractivity contribution is -0.140. The zero-order valence-corrected chi connectivity index (χ0v) is 9.60. The lowest BCUT2D eigenvalue weighted by Gasteiger charge is -2.16. The molecule has 0 amide bonds. The predicted octanol–water partition coefficient (Wildman–Crippen LogP) is 1.39. The molecule has 0 spiro atoms. The molecule has 3 nitrogen and oxygen atoms in total. The maximum atomic E-state index is 10.6. The fourth-order valence-corrected chi connectivity index (χ4v) is 2.01. The van der Waals surface area contributed by atoms with Gasteiger partial charge in [-0.15, -0.1) is 0 Å². The Morgan fingerprint density at radius 1 is 1.46 bits per heavy atom. The third kappa shape index (κ3) is 5.93. The van der Waals surface area contributed by atoms with Gasteiger partial charge in [0.1, 0.15) is 0 Å². The van der Waals surface area contributed by atoms with Crippen LogP contribution in [0.1, 0.15) is 13.8 Å². The number of nitrogens with zero attached hydrogens (tertiary/aromatic N) is 1. The highest BCUT2D eigenvalue weighted by atomic mass is 32.2. The molecule has 0 aliphatic carbocycles. The molecule has 0 aromatic carbocycles. The summed E-state index contributed by atoms with van der Waals surface area (Å²) in [6.07, 6.45) is 0. The molecule has 13 heavy (non-hydrogen) atoms. The van der Waals surface area contributed by atoms with Gasteiger partial charge in [0.05, 0.1) is 5.92 Å². The van der Waals surface area contributed by atoms with Crippen molar-refractivity contribution < 1.29 is 9.90 Å². The molecule has 0 aromatic rings. The minimum atomic E-state index is -0.704. The summed E-state index contributed by atoms with van der Waals surface area (Å²) < 4.78 is 0. The summed E-state index contributed by atoms with van der Waals surface area (Å²) >= 11 is 1.72. The molecule has 0 aromatic heterocycles. The van der Waals surface area contributed by atoms with E-state index in [0.29, 0.717) is 0 Å². The van der Waals surface area contributed by atoms with Crippen molar-refractivity contribution in [1.82, 2.24) is 4.90 Å². The summed E-state index contributed by atoms with van der Waals surface area (Å²) in [7, 11) is 4.04. The molecule has 0 aliphatic heterocycles. The second-order valence-corrected chi connectivity index (χ2v) is 4.99.